The first-order valence-electron chi connectivity index (χ1n) is 17.4. The van der Waals surface area contributed by atoms with Crippen LogP contribution in [-0.2, 0) is 26.2 Å². The summed E-state index contributed by atoms with van der Waals surface area (Å²) in [4.78, 5) is 74.9. The molecule has 4 aliphatic rings. The van der Waals surface area contributed by atoms with E-state index in [2.05, 4.69) is 10.3 Å². The number of fused-ring (bicyclic) bond motifs is 5. The number of phenols is 2. The van der Waals surface area contributed by atoms with Gasteiger partial charge in [0.2, 0.25) is 17.3 Å². The number of nitrogens with one attached hydrogen (secondary N) is 1. The predicted molar refractivity (Wildman–Crippen MR) is 190 cm³/mol. The molecule has 7 rings (SSSR count). The lowest BCUT2D eigenvalue weighted by atomic mass is 9.56. The number of Topliss-reactive ketones (excluding diaryl/α,β-unsaturated/α-hetero) is 4. The molecule has 3 aromatic carbocycles. The number of aryl methyl sites for hydroxylation is 1. The monoisotopic (exact) mass is 758 g/mol. The standard InChI is InChI=1S/C39H38N2O14/c1-15-10-17-11-24(44)39(54-4)35(50)27-20(34(49)38(39,52)28(17)32(48)25(15)36(51)40-18-8-6-5-7-9-18)12-19-26(31(27)47)23(43)13-22(29(19)45)41-37-21(14-42)30(46)33(53-3)16(2)55-37/h5-10,12,16,21,24,30,33,37,42,44,46-48,52H,11,13-14H2,1-4H3,(H,40,51)/t16-,21+,24+,30-,33-,37?,38-,39+/m0/s1. The van der Waals surface area contributed by atoms with Crippen molar-refractivity contribution in [3.8, 4) is 11.5 Å². The Kier molecular flexibility index (Phi) is 9.37. The number of aliphatic imine (C=N–C) groups is 1. The Morgan fingerprint density at radius 3 is 2.33 bits per heavy atom. The maximum absolute atomic E-state index is 14.8. The number of rotatable bonds is 6. The lowest BCUT2D eigenvalue weighted by molar-refractivity contribution is -0.206. The summed E-state index contributed by atoms with van der Waals surface area (Å²) in [5.74, 6) is -8.46. The van der Waals surface area contributed by atoms with Crippen molar-refractivity contribution in [3.05, 3.63) is 87.0 Å². The van der Waals surface area contributed by atoms with Crippen LogP contribution < -0.4 is 5.32 Å². The summed E-state index contributed by atoms with van der Waals surface area (Å²) in [6.07, 6.45) is -7.31. The van der Waals surface area contributed by atoms with Crippen LogP contribution in [0.15, 0.2) is 47.5 Å². The molecule has 3 aromatic rings. The zero-order valence-corrected chi connectivity index (χ0v) is 30.0. The van der Waals surface area contributed by atoms with Gasteiger partial charge in [0.25, 0.3) is 5.91 Å². The average molecular weight is 759 g/mol. The molecule has 288 valence electrons. The number of amides is 1. The van der Waals surface area contributed by atoms with Gasteiger partial charge in [0, 0.05) is 43.0 Å². The Morgan fingerprint density at radius 1 is 1.00 bits per heavy atom. The highest BCUT2D eigenvalue weighted by molar-refractivity contribution is 6.53. The minimum Gasteiger partial charge on any atom is -0.507 e. The third-order valence-corrected chi connectivity index (χ3v) is 11.2. The van der Waals surface area contributed by atoms with Crippen LogP contribution in [0.5, 0.6) is 11.5 Å². The second kappa shape index (κ2) is 13.5. The second-order valence-corrected chi connectivity index (χ2v) is 14.1. The predicted octanol–water partition coefficient (Wildman–Crippen LogP) is 1.17. The summed E-state index contributed by atoms with van der Waals surface area (Å²) in [6.45, 7) is 2.44. The largest absolute Gasteiger partial charge is 0.507 e. The smallest absolute Gasteiger partial charge is 0.259 e. The summed E-state index contributed by atoms with van der Waals surface area (Å²) < 4.78 is 16.7. The third-order valence-electron chi connectivity index (χ3n) is 11.2. The number of hydrogen-bond donors (Lipinski definition) is 7. The zero-order chi connectivity index (χ0) is 39.9. The zero-order valence-electron chi connectivity index (χ0n) is 30.0. The number of phenolic OH excluding ortho intramolecular Hbond substituents is 2. The quantitative estimate of drug-likeness (QED) is 0.186. The maximum Gasteiger partial charge on any atom is 0.259 e. The maximum atomic E-state index is 14.8. The van der Waals surface area contributed by atoms with Crippen molar-refractivity contribution in [3.63, 3.8) is 0 Å². The van der Waals surface area contributed by atoms with E-state index in [0.717, 1.165) is 13.2 Å². The Hall–Kier alpha value is -5.20. The van der Waals surface area contributed by atoms with Crippen molar-refractivity contribution < 1.29 is 68.8 Å². The molecule has 1 aliphatic heterocycles. The van der Waals surface area contributed by atoms with Crippen LogP contribution in [0.25, 0.3) is 0 Å². The number of hydrogen-bond acceptors (Lipinski definition) is 15. The van der Waals surface area contributed by atoms with Gasteiger partial charge in [-0.05, 0) is 43.2 Å². The van der Waals surface area contributed by atoms with Crippen molar-refractivity contribution >= 4 is 40.4 Å². The van der Waals surface area contributed by atoms with E-state index in [1.165, 1.54) is 20.1 Å². The number of aliphatic hydroxyl groups is 4. The number of aliphatic hydroxyl groups excluding tert-OH is 3. The van der Waals surface area contributed by atoms with Crippen LogP contribution in [0.3, 0.4) is 0 Å². The number of benzene rings is 3. The molecule has 16 heteroatoms. The molecule has 0 aromatic heterocycles. The van der Waals surface area contributed by atoms with Gasteiger partial charge in [0.15, 0.2) is 23.2 Å². The second-order valence-electron chi connectivity index (χ2n) is 14.1. The molecule has 1 unspecified atom stereocenters. The van der Waals surface area contributed by atoms with Crippen LogP contribution in [-0.4, -0.2) is 122 Å². The number of methoxy groups -OCH3 is 2. The summed E-state index contributed by atoms with van der Waals surface area (Å²) in [5.41, 5.74) is -9.74. The van der Waals surface area contributed by atoms with Gasteiger partial charge in [-0.2, -0.15) is 0 Å². The molecule has 1 amide bonds. The van der Waals surface area contributed by atoms with Crippen molar-refractivity contribution in [2.75, 3.05) is 26.1 Å². The highest BCUT2D eigenvalue weighted by Gasteiger charge is 2.72. The number of carbonyl (C=O) groups excluding carboxylic acids is 5. The van der Waals surface area contributed by atoms with E-state index in [9.17, 15) is 54.6 Å². The van der Waals surface area contributed by atoms with Crippen LogP contribution >= 0.6 is 0 Å². The van der Waals surface area contributed by atoms with Crippen molar-refractivity contribution in [2.45, 2.75) is 68.5 Å². The molecule has 3 aliphatic carbocycles. The lowest BCUT2D eigenvalue weighted by Gasteiger charge is -2.53. The van der Waals surface area contributed by atoms with E-state index in [0.29, 0.717) is 5.69 Å². The highest BCUT2D eigenvalue weighted by atomic mass is 16.6. The SMILES string of the molecule is CO[C@@H]1[C@@H](O)[C@@H](CO)C(N=C2CC(=O)c3c(cc4c(c3O)C(=O)[C@]3(OC)[C@H](O)Cc5cc(C)c(C(=O)Nc6ccccc6)c(O)c5[C@]3(O)C4=O)C2=O)O[C@H]1C. The lowest BCUT2D eigenvalue weighted by Crippen LogP contribution is -2.73. The van der Waals surface area contributed by atoms with E-state index in [-0.39, 0.29) is 16.7 Å². The first kappa shape index (κ1) is 38.1. The molecular weight excluding hydrogens is 720 g/mol. The van der Waals surface area contributed by atoms with Gasteiger partial charge in [-0.3, -0.25) is 29.0 Å². The molecule has 8 atom stereocenters. The molecule has 16 nitrogen and oxygen atoms in total. The summed E-state index contributed by atoms with van der Waals surface area (Å²) in [7, 11) is 2.27. The third kappa shape index (κ3) is 5.24. The molecule has 0 spiro atoms. The van der Waals surface area contributed by atoms with Crippen LogP contribution in [0, 0.1) is 12.8 Å². The van der Waals surface area contributed by atoms with Gasteiger partial charge >= 0.3 is 0 Å². The van der Waals surface area contributed by atoms with Crippen LogP contribution in [0.2, 0.25) is 0 Å². The summed E-state index contributed by atoms with van der Waals surface area (Å²) >= 11 is 0. The van der Waals surface area contributed by atoms with Crippen molar-refractivity contribution in [1.82, 2.24) is 0 Å². The molecular formula is C39H38N2O14. The molecule has 1 heterocycles. The number of carbonyl (C=O) groups is 5. The number of para-hydroxylation sites is 1. The van der Waals surface area contributed by atoms with Gasteiger partial charge in [-0.1, -0.05) is 24.3 Å². The topological polar surface area (TPSA) is 259 Å². The normalized spacial score (nSPS) is 30.7. The fourth-order valence-corrected chi connectivity index (χ4v) is 8.59. The van der Waals surface area contributed by atoms with Crippen molar-refractivity contribution in [1.29, 1.82) is 0 Å². The molecule has 0 radical (unpaired) electrons. The fourth-order valence-electron chi connectivity index (χ4n) is 8.59. The highest BCUT2D eigenvalue weighted by Crippen LogP contribution is 2.56. The number of anilines is 1. The summed E-state index contributed by atoms with van der Waals surface area (Å²) in [6, 6.07) is 10.4. The number of aromatic hydroxyl groups is 2. The minimum atomic E-state index is -3.26. The molecule has 0 saturated carbocycles. The minimum absolute atomic E-state index is 0.000519. The average Bonchev–Trinajstić information content (AvgIpc) is 3.13. The van der Waals surface area contributed by atoms with E-state index < -0.39 is 141 Å². The molecule has 0 bridgehead atoms. The molecule has 1 fully saturated rings. The molecule has 1 saturated heterocycles. The van der Waals surface area contributed by atoms with Gasteiger partial charge in [-0.15, -0.1) is 0 Å². The number of ketones is 4. The Morgan fingerprint density at radius 2 is 1.69 bits per heavy atom. The Balaban J connectivity index is 1.38. The fraction of sp³-hybridized carbons (Fsp3) is 0.385. The summed E-state index contributed by atoms with van der Waals surface area (Å²) in [5, 5.41) is 71.1. The van der Waals surface area contributed by atoms with E-state index >= 15 is 0 Å². The Bertz CT molecular complexity index is 2220. The van der Waals surface area contributed by atoms with Gasteiger partial charge in [0.05, 0.1) is 59.7 Å². The van der Waals surface area contributed by atoms with Gasteiger partial charge in [-0.25, -0.2) is 0 Å². The van der Waals surface area contributed by atoms with Crippen LogP contribution in [0.1, 0.15) is 81.8 Å². The van der Waals surface area contributed by atoms with Gasteiger partial charge in [0.1, 0.15) is 17.6 Å². The number of ether oxygens (including phenoxy) is 3. The van der Waals surface area contributed by atoms with E-state index in [1.807, 2.05) is 0 Å². The molecule has 55 heavy (non-hydrogen) atoms. The van der Waals surface area contributed by atoms with Crippen molar-refractivity contribution in [2.24, 2.45) is 10.9 Å². The number of nitrogens with zero attached hydrogens (tertiary/aromatic N) is 1. The first-order chi connectivity index (χ1) is 26.1. The van der Waals surface area contributed by atoms with E-state index in [1.54, 1.807) is 37.3 Å². The van der Waals surface area contributed by atoms with E-state index in [4.69, 9.17) is 14.2 Å². The first-order valence-corrected chi connectivity index (χ1v) is 17.4. The van der Waals surface area contributed by atoms with Gasteiger partial charge < -0.3 is 50.2 Å². The molecule has 7 N–H and O–H groups in total. The Labute approximate surface area is 313 Å². The van der Waals surface area contributed by atoms with Crippen LogP contribution in [0.4, 0.5) is 5.69 Å².